The van der Waals surface area contributed by atoms with Gasteiger partial charge in [-0.2, -0.15) is 0 Å². The van der Waals surface area contributed by atoms with E-state index < -0.39 is 0 Å². The number of rotatable bonds is 7. The third-order valence-electron chi connectivity index (χ3n) is 2.55. The number of unbranched alkanes of at least 4 members (excludes halogenated alkanes) is 1. The van der Waals surface area contributed by atoms with E-state index in [0.29, 0.717) is 6.04 Å². The number of nitrogens with one attached hydrogen (secondary N) is 1. The van der Waals surface area contributed by atoms with Crippen LogP contribution in [0.25, 0.3) is 0 Å². The van der Waals surface area contributed by atoms with Gasteiger partial charge in [-0.15, -0.1) is 17.4 Å². The highest BCUT2D eigenvalue weighted by Gasteiger charge is 2.16. The molecule has 0 aromatic carbocycles. The second-order valence-electron chi connectivity index (χ2n) is 3.77. The summed E-state index contributed by atoms with van der Waals surface area (Å²) in [5, 5.41) is 7.52. The van der Waals surface area contributed by atoms with Crippen molar-refractivity contribution in [2.75, 3.05) is 7.05 Å². The molecule has 1 aromatic heterocycles. The molecule has 0 amide bonds. The van der Waals surface area contributed by atoms with Crippen molar-refractivity contribution >= 4 is 11.5 Å². The van der Waals surface area contributed by atoms with E-state index in [2.05, 4.69) is 27.7 Å². The van der Waals surface area contributed by atoms with Crippen LogP contribution >= 0.6 is 11.5 Å². The molecule has 1 heterocycles. The Labute approximate surface area is 102 Å². The summed E-state index contributed by atoms with van der Waals surface area (Å²) in [4.78, 5) is 1.28. The molecule has 0 radical (unpaired) electrons. The zero-order valence-electron chi connectivity index (χ0n) is 9.99. The minimum absolute atomic E-state index is 0.356. The van der Waals surface area contributed by atoms with Crippen molar-refractivity contribution in [1.82, 2.24) is 14.9 Å². The van der Waals surface area contributed by atoms with Crippen molar-refractivity contribution in [1.29, 1.82) is 0 Å². The van der Waals surface area contributed by atoms with Crippen molar-refractivity contribution in [3.8, 4) is 12.3 Å². The van der Waals surface area contributed by atoms with Gasteiger partial charge in [-0.25, -0.2) is 0 Å². The molecular formula is C12H19N3S. The lowest BCUT2D eigenvalue weighted by atomic mass is 10.1. The lowest BCUT2D eigenvalue weighted by Crippen LogP contribution is -2.16. The largest absolute Gasteiger partial charge is 0.312 e. The molecule has 1 atom stereocenters. The molecule has 0 saturated carbocycles. The topological polar surface area (TPSA) is 37.8 Å². The fourth-order valence-corrected chi connectivity index (χ4v) is 2.54. The van der Waals surface area contributed by atoms with E-state index in [-0.39, 0.29) is 0 Å². The van der Waals surface area contributed by atoms with Gasteiger partial charge in [-0.1, -0.05) is 17.8 Å². The number of aromatic nitrogens is 2. The van der Waals surface area contributed by atoms with Gasteiger partial charge in [0.2, 0.25) is 0 Å². The van der Waals surface area contributed by atoms with Crippen LogP contribution in [0.2, 0.25) is 0 Å². The van der Waals surface area contributed by atoms with Crippen LogP contribution in [-0.2, 0) is 6.42 Å². The molecule has 1 aromatic rings. The first-order chi connectivity index (χ1) is 7.83. The second-order valence-corrected chi connectivity index (χ2v) is 4.56. The van der Waals surface area contributed by atoms with Gasteiger partial charge in [0.05, 0.1) is 10.6 Å². The van der Waals surface area contributed by atoms with Crippen LogP contribution < -0.4 is 5.32 Å². The second kappa shape index (κ2) is 7.37. The van der Waals surface area contributed by atoms with Crippen LogP contribution in [-0.4, -0.2) is 16.6 Å². The highest BCUT2D eigenvalue weighted by Crippen LogP contribution is 2.25. The summed E-state index contributed by atoms with van der Waals surface area (Å²) in [6.07, 6.45) is 10.3. The number of aryl methyl sites for hydroxylation is 1. The van der Waals surface area contributed by atoms with Gasteiger partial charge in [-0.05, 0) is 37.8 Å². The van der Waals surface area contributed by atoms with Crippen molar-refractivity contribution in [2.45, 2.75) is 45.1 Å². The number of hydrogen-bond donors (Lipinski definition) is 1. The lowest BCUT2D eigenvalue weighted by Gasteiger charge is -2.14. The maximum atomic E-state index is 5.26. The summed E-state index contributed by atoms with van der Waals surface area (Å²) in [5.41, 5.74) is 1.15. The van der Waals surface area contributed by atoms with Crippen molar-refractivity contribution < 1.29 is 0 Å². The summed E-state index contributed by atoms with van der Waals surface area (Å²) in [6.45, 7) is 2.16. The van der Waals surface area contributed by atoms with Crippen LogP contribution in [0.3, 0.4) is 0 Å². The third-order valence-corrected chi connectivity index (χ3v) is 3.43. The molecule has 0 aliphatic carbocycles. The standard InChI is InChI=1S/C12H19N3S/c1-4-6-7-9-10(13-3)12-11(8-5-2)14-15-16-12/h1,10,13H,5-9H2,2-3H3. The quantitative estimate of drug-likeness (QED) is 0.585. The van der Waals surface area contributed by atoms with Crippen LogP contribution in [0, 0.1) is 12.3 Å². The number of nitrogens with zero attached hydrogens (tertiary/aromatic N) is 2. The number of terminal acetylenes is 1. The highest BCUT2D eigenvalue weighted by molar-refractivity contribution is 7.05. The van der Waals surface area contributed by atoms with Gasteiger partial charge in [0.15, 0.2) is 0 Å². The fourth-order valence-electron chi connectivity index (χ4n) is 1.71. The fraction of sp³-hybridized carbons (Fsp3) is 0.667. The maximum absolute atomic E-state index is 5.26. The molecule has 1 rings (SSSR count). The molecule has 3 nitrogen and oxygen atoms in total. The predicted octanol–water partition coefficient (Wildman–Crippen LogP) is 2.55. The first kappa shape index (κ1) is 13.1. The molecule has 0 aliphatic rings. The molecule has 88 valence electrons. The van der Waals surface area contributed by atoms with Gasteiger partial charge in [0.25, 0.3) is 0 Å². The van der Waals surface area contributed by atoms with Crippen molar-refractivity contribution in [2.24, 2.45) is 0 Å². The Morgan fingerprint density at radius 1 is 1.56 bits per heavy atom. The van der Waals surface area contributed by atoms with Gasteiger partial charge >= 0.3 is 0 Å². The average molecular weight is 237 g/mol. The van der Waals surface area contributed by atoms with Crippen LogP contribution in [0.4, 0.5) is 0 Å². The summed E-state index contributed by atoms with van der Waals surface area (Å²) in [7, 11) is 1.98. The SMILES string of the molecule is C#CCCCC(NC)c1snnc1CCC. The molecule has 0 saturated heterocycles. The molecule has 16 heavy (non-hydrogen) atoms. The van der Waals surface area contributed by atoms with E-state index in [1.165, 1.54) is 16.4 Å². The molecule has 4 heteroatoms. The van der Waals surface area contributed by atoms with Gasteiger partial charge in [-0.3, -0.25) is 0 Å². The molecule has 0 bridgehead atoms. The zero-order chi connectivity index (χ0) is 11.8. The predicted molar refractivity (Wildman–Crippen MR) is 68.4 cm³/mol. The van der Waals surface area contributed by atoms with E-state index in [9.17, 15) is 0 Å². The summed E-state index contributed by atoms with van der Waals surface area (Å²) < 4.78 is 4.05. The van der Waals surface area contributed by atoms with Crippen LogP contribution in [0.1, 0.15) is 49.2 Å². The van der Waals surface area contributed by atoms with E-state index in [1.54, 1.807) is 0 Å². The van der Waals surface area contributed by atoms with Gasteiger partial charge in [0, 0.05) is 12.5 Å². The Bertz CT molecular complexity index is 340. The van der Waals surface area contributed by atoms with Gasteiger partial charge in [0.1, 0.15) is 0 Å². The molecule has 1 N–H and O–H groups in total. The van der Waals surface area contributed by atoms with Crippen molar-refractivity contribution in [3.63, 3.8) is 0 Å². The summed E-state index contributed by atoms with van der Waals surface area (Å²) in [6, 6.07) is 0.356. The molecule has 1 unspecified atom stereocenters. The van der Waals surface area contributed by atoms with Gasteiger partial charge < -0.3 is 5.32 Å². The van der Waals surface area contributed by atoms with Crippen LogP contribution in [0.5, 0.6) is 0 Å². The first-order valence-corrected chi connectivity index (χ1v) is 6.52. The lowest BCUT2D eigenvalue weighted by molar-refractivity contribution is 0.534. The molecular weight excluding hydrogens is 218 g/mol. The molecule has 0 spiro atoms. The third kappa shape index (κ3) is 3.58. The summed E-state index contributed by atoms with van der Waals surface area (Å²) >= 11 is 1.50. The summed E-state index contributed by atoms with van der Waals surface area (Å²) in [5.74, 6) is 2.68. The Morgan fingerprint density at radius 2 is 2.38 bits per heavy atom. The Morgan fingerprint density at radius 3 is 3.00 bits per heavy atom. The van der Waals surface area contributed by atoms with Crippen molar-refractivity contribution in [3.05, 3.63) is 10.6 Å². The smallest absolute Gasteiger partial charge is 0.0803 e. The van der Waals surface area contributed by atoms with E-state index in [1.807, 2.05) is 7.05 Å². The van der Waals surface area contributed by atoms with E-state index in [4.69, 9.17) is 6.42 Å². The zero-order valence-corrected chi connectivity index (χ0v) is 10.8. The van der Waals surface area contributed by atoms with Crippen LogP contribution in [0.15, 0.2) is 0 Å². The minimum Gasteiger partial charge on any atom is -0.312 e. The number of hydrogen-bond acceptors (Lipinski definition) is 4. The average Bonchev–Trinajstić information content (AvgIpc) is 2.73. The monoisotopic (exact) mass is 237 g/mol. The Kier molecular flexibility index (Phi) is 6.05. The maximum Gasteiger partial charge on any atom is 0.0803 e. The van der Waals surface area contributed by atoms with E-state index >= 15 is 0 Å². The highest BCUT2D eigenvalue weighted by atomic mass is 32.1. The Balaban J connectivity index is 2.63. The molecule has 0 fully saturated rings. The first-order valence-electron chi connectivity index (χ1n) is 5.75. The molecule has 0 aliphatic heterocycles. The minimum atomic E-state index is 0.356. The normalized spacial score (nSPS) is 12.3. The Hall–Kier alpha value is -0.920. The van der Waals surface area contributed by atoms with E-state index in [0.717, 1.165) is 37.8 Å².